The Balaban J connectivity index is 3.10. The fourth-order valence-corrected chi connectivity index (χ4v) is 1.33. The summed E-state index contributed by atoms with van der Waals surface area (Å²) in [6.07, 6.45) is 0. The minimum absolute atomic E-state index is 0.00593. The van der Waals surface area contributed by atoms with Gasteiger partial charge in [-0.1, -0.05) is 17.7 Å². The molecule has 0 saturated heterocycles. The van der Waals surface area contributed by atoms with E-state index in [0.717, 1.165) is 0 Å². The number of carbonyl (C=O) groups excluding carboxylic acids is 1. The van der Waals surface area contributed by atoms with Gasteiger partial charge in [-0.05, 0) is 13.0 Å². The zero-order valence-corrected chi connectivity index (χ0v) is 9.15. The first-order valence-electron chi connectivity index (χ1n) is 4.43. The summed E-state index contributed by atoms with van der Waals surface area (Å²) in [5.41, 5.74) is 1.49. The summed E-state index contributed by atoms with van der Waals surface area (Å²) in [6.45, 7) is 1.92. The highest BCUT2D eigenvalue weighted by atomic mass is 35.5. The van der Waals surface area contributed by atoms with Crippen molar-refractivity contribution in [1.29, 1.82) is 0 Å². The lowest BCUT2D eigenvalue weighted by Gasteiger charge is -2.05. The van der Waals surface area contributed by atoms with Crippen LogP contribution in [0, 0.1) is 10.1 Å². The highest BCUT2D eigenvalue weighted by Crippen LogP contribution is 2.25. The zero-order valence-electron chi connectivity index (χ0n) is 8.40. The highest BCUT2D eigenvalue weighted by molar-refractivity contribution is 6.34. The van der Waals surface area contributed by atoms with E-state index in [2.05, 4.69) is 10.3 Å². The maximum absolute atomic E-state index is 11.5. The van der Waals surface area contributed by atoms with E-state index in [1.54, 1.807) is 6.92 Å². The summed E-state index contributed by atoms with van der Waals surface area (Å²) in [5, 5.41) is 10.7. The van der Waals surface area contributed by atoms with Crippen LogP contribution in [0.5, 0.6) is 0 Å². The van der Waals surface area contributed by atoms with E-state index in [4.69, 9.17) is 11.6 Å². The Morgan fingerprint density at radius 1 is 1.62 bits per heavy atom. The monoisotopic (exact) mass is 244 g/mol. The second kappa shape index (κ2) is 5.43. The first kappa shape index (κ1) is 12.4. The van der Waals surface area contributed by atoms with Crippen LogP contribution in [0.3, 0.4) is 0 Å². The quantitative estimate of drug-likeness (QED) is 0.648. The molecular formula is C9H9ClN2O4. The van der Waals surface area contributed by atoms with Crippen molar-refractivity contribution in [3.8, 4) is 0 Å². The molecule has 1 amide bonds. The summed E-state index contributed by atoms with van der Waals surface area (Å²) in [7, 11) is 0. The molecule has 1 aromatic carbocycles. The number of amides is 1. The number of nitrogens with zero attached hydrogens (tertiary/aromatic N) is 1. The Morgan fingerprint density at radius 3 is 2.88 bits per heavy atom. The van der Waals surface area contributed by atoms with Crippen LogP contribution < -0.4 is 5.48 Å². The van der Waals surface area contributed by atoms with Crippen molar-refractivity contribution in [1.82, 2.24) is 5.48 Å². The van der Waals surface area contributed by atoms with Crippen LogP contribution >= 0.6 is 11.6 Å². The molecular weight excluding hydrogens is 236 g/mol. The van der Waals surface area contributed by atoms with Gasteiger partial charge in [-0.3, -0.25) is 19.7 Å². The van der Waals surface area contributed by atoms with E-state index < -0.39 is 10.8 Å². The Kier molecular flexibility index (Phi) is 4.21. The molecule has 0 saturated carbocycles. The second-order valence-corrected chi connectivity index (χ2v) is 3.16. The molecule has 1 rings (SSSR count). The average molecular weight is 245 g/mol. The standard InChI is InChI=1S/C9H9ClN2O4/c1-2-16-11-9(13)8-6(10)4-3-5-7(8)12(14)15/h3-5H,2H2,1H3,(H,11,13). The molecule has 0 aromatic heterocycles. The lowest BCUT2D eigenvalue weighted by atomic mass is 10.1. The molecule has 0 bridgehead atoms. The molecule has 0 radical (unpaired) electrons. The molecule has 0 aliphatic rings. The van der Waals surface area contributed by atoms with Crippen molar-refractivity contribution in [3.05, 3.63) is 38.9 Å². The van der Waals surface area contributed by atoms with Gasteiger partial charge in [-0.2, -0.15) is 0 Å². The van der Waals surface area contributed by atoms with Crippen LogP contribution in [-0.4, -0.2) is 17.4 Å². The number of hydroxylamine groups is 1. The number of nitro groups is 1. The van der Waals surface area contributed by atoms with Crippen LogP contribution in [0.4, 0.5) is 5.69 Å². The molecule has 0 unspecified atom stereocenters. The van der Waals surface area contributed by atoms with Gasteiger partial charge in [0.1, 0.15) is 5.56 Å². The lowest BCUT2D eigenvalue weighted by molar-refractivity contribution is -0.385. The number of hydrogen-bond donors (Lipinski definition) is 1. The molecule has 0 heterocycles. The maximum Gasteiger partial charge on any atom is 0.283 e. The summed E-state index contributed by atoms with van der Waals surface area (Å²) in [6, 6.07) is 4.00. The van der Waals surface area contributed by atoms with Gasteiger partial charge < -0.3 is 0 Å². The van der Waals surface area contributed by atoms with E-state index in [0.29, 0.717) is 0 Å². The van der Waals surface area contributed by atoms with Gasteiger partial charge in [-0.25, -0.2) is 5.48 Å². The largest absolute Gasteiger partial charge is 0.283 e. The van der Waals surface area contributed by atoms with Crippen molar-refractivity contribution in [2.75, 3.05) is 6.61 Å². The first-order chi connectivity index (χ1) is 7.57. The SMILES string of the molecule is CCONC(=O)c1c(Cl)cccc1[N+](=O)[O-]. The Bertz CT molecular complexity index is 422. The predicted octanol–water partition coefficient (Wildman–Crippen LogP) is 1.93. The third kappa shape index (κ3) is 2.68. The van der Waals surface area contributed by atoms with Gasteiger partial charge in [0.05, 0.1) is 16.6 Å². The molecule has 0 fully saturated rings. The molecule has 0 aliphatic carbocycles. The number of hydrogen-bond acceptors (Lipinski definition) is 4. The third-order valence-corrected chi connectivity index (χ3v) is 2.04. The van der Waals surface area contributed by atoms with E-state index in [1.807, 2.05) is 0 Å². The minimum atomic E-state index is -0.737. The van der Waals surface area contributed by atoms with E-state index in [-0.39, 0.29) is 22.9 Å². The van der Waals surface area contributed by atoms with Gasteiger partial charge in [0, 0.05) is 6.07 Å². The van der Waals surface area contributed by atoms with E-state index >= 15 is 0 Å². The molecule has 6 nitrogen and oxygen atoms in total. The molecule has 0 spiro atoms. The lowest BCUT2D eigenvalue weighted by Crippen LogP contribution is -2.24. The van der Waals surface area contributed by atoms with Gasteiger partial charge in [-0.15, -0.1) is 0 Å². The van der Waals surface area contributed by atoms with E-state index in [9.17, 15) is 14.9 Å². The molecule has 16 heavy (non-hydrogen) atoms. The van der Waals surface area contributed by atoms with Gasteiger partial charge in [0.2, 0.25) is 0 Å². The molecule has 86 valence electrons. The number of carbonyl (C=O) groups is 1. The van der Waals surface area contributed by atoms with Crippen LogP contribution in [-0.2, 0) is 4.84 Å². The van der Waals surface area contributed by atoms with Crippen LogP contribution in [0.15, 0.2) is 18.2 Å². The highest BCUT2D eigenvalue weighted by Gasteiger charge is 2.23. The van der Waals surface area contributed by atoms with Crippen LogP contribution in [0.25, 0.3) is 0 Å². The number of halogens is 1. The summed E-state index contributed by atoms with van der Waals surface area (Å²) in [4.78, 5) is 26.2. The molecule has 1 aromatic rings. The average Bonchev–Trinajstić information content (AvgIpc) is 2.25. The summed E-state index contributed by atoms with van der Waals surface area (Å²) >= 11 is 5.73. The molecule has 0 atom stereocenters. The Labute approximate surface area is 96.3 Å². The third-order valence-electron chi connectivity index (χ3n) is 1.72. The normalized spacial score (nSPS) is 9.88. The number of nitrogens with one attached hydrogen (secondary N) is 1. The van der Waals surface area contributed by atoms with Crippen molar-refractivity contribution in [2.45, 2.75) is 6.92 Å². The van der Waals surface area contributed by atoms with Crippen LogP contribution in [0.1, 0.15) is 17.3 Å². The minimum Gasteiger partial charge on any atom is -0.274 e. The number of rotatable bonds is 4. The summed E-state index contributed by atoms with van der Waals surface area (Å²) in [5.74, 6) is -0.737. The van der Waals surface area contributed by atoms with Gasteiger partial charge in [0.15, 0.2) is 0 Å². The topological polar surface area (TPSA) is 81.5 Å². The fourth-order valence-electron chi connectivity index (χ4n) is 1.08. The Morgan fingerprint density at radius 2 is 2.31 bits per heavy atom. The molecule has 1 N–H and O–H groups in total. The second-order valence-electron chi connectivity index (χ2n) is 2.76. The van der Waals surface area contributed by atoms with Gasteiger partial charge in [0.25, 0.3) is 11.6 Å². The fraction of sp³-hybridized carbons (Fsp3) is 0.222. The number of benzene rings is 1. The van der Waals surface area contributed by atoms with Crippen molar-refractivity contribution in [2.24, 2.45) is 0 Å². The smallest absolute Gasteiger partial charge is 0.274 e. The molecule has 7 heteroatoms. The van der Waals surface area contributed by atoms with E-state index in [1.165, 1.54) is 18.2 Å². The van der Waals surface area contributed by atoms with Crippen molar-refractivity contribution < 1.29 is 14.6 Å². The first-order valence-corrected chi connectivity index (χ1v) is 4.80. The Hall–Kier alpha value is -1.66. The molecule has 0 aliphatic heterocycles. The zero-order chi connectivity index (χ0) is 12.1. The van der Waals surface area contributed by atoms with Gasteiger partial charge >= 0.3 is 0 Å². The number of nitro benzene ring substituents is 1. The predicted molar refractivity (Wildman–Crippen MR) is 57.2 cm³/mol. The van der Waals surface area contributed by atoms with Crippen molar-refractivity contribution in [3.63, 3.8) is 0 Å². The van der Waals surface area contributed by atoms with Crippen LogP contribution in [0.2, 0.25) is 5.02 Å². The van der Waals surface area contributed by atoms with Crippen molar-refractivity contribution >= 4 is 23.2 Å². The summed E-state index contributed by atoms with van der Waals surface area (Å²) < 4.78 is 0. The maximum atomic E-state index is 11.5.